The number of nitrogens with zero attached hydrogens (tertiary/aromatic N) is 1. The minimum Gasteiger partial charge on any atom is -0.506 e. The fraction of sp³-hybridized carbons (Fsp3) is 0.250. The Bertz CT molecular complexity index is 294. The fourth-order valence-corrected chi connectivity index (χ4v) is 0.902. The lowest BCUT2D eigenvalue weighted by molar-refractivity contribution is 0.476. The summed E-state index contributed by atoms with van der Waals surface area (Å²) in [6.07, 6.45) is 0. The molecular formula is C8H9NO2. The SMILES string of the molecule is Cc1ccc(O)c(N=O)c1C. The highest BCUT2D eigenvalue weighted by Crippen LogP contribution is 2.31. The quantitative estimate of drug-likeness (QED) is 0.626. The van der Waals surface area contributed by atoms with Crippen molar-refractivity contribution in [2.75, 3.05) is 0 Å². The predicted molar refractivity (Wildman–Crippen MR) is 43.0 cm³/mol. The van der Waals surface area contributed by atoms with Gasteiger partial charge in [-0.1, -0.05) is 6.07 Å². The highest BCUT2D eigenvalue weighted by atomic mass is 16.3. The summed E-state index contributed by atoms with van der Waals surface area (Å²) in [5.74, 6) is -0.0527. The zero-order valence-corrected chi connectivity index (χ0v) is 6.46. The Balaban J connectivity index is 3.40. The molecule has 0 heterocycles. The molecule has 0 atom stereocenters. The third kappa shape index (κ3) is 1.22. The van der Waals surface area contributed by atoms with Crippen LogP contribution in [0.15, 0.2) is 17.3 Å². The summed E-state index contributed by atoms with van der Waals surface area (Å²) >= 11 is 0. The molecule has 1 aromatic rings. The molecule has 0 spiro atoms. The molecule has 0 saturated heterocycles. The van der Waals surface area contributed by atoms with Crippen LogP contribution in [0.3, 0.4) is 0 Å². The Morgan fingerprint density at radius 3 is 2.45 bits per heavy atom. The first-order valence-corrected chi connectivity index (χ1v) is 3.29. The lowest BCUT2D eigenvalue weighted by atomic mass is 10.1. The molecule has 0 aliphatic rings. The van der Waals surface area contributed by atoms with Crippen LogP contribution >= 0.6 is 0 Å². The van der Waals surface area contributed by atoms with Crippen molar-refractivity contribution in [3.63, 3.8) is 0 Å². The number of hydrogen-bond acceptors (Lipinski definition) is 3. The molecule has 3 heteroatoms. The van der Waals surface area contributed by atoms with Gasteiger partial charge in [0, 0.05) is 0 Å². The van der Waals surface area contributed by atoms with E-state index in [2.05, 4.69) is 5.18 Å². The van der Waals surface area contributed by atoms with Gasteiger partial charge in [-0.25, -0.2) is 0 Å². The number of rotatable bonds is 1. The van der Waals surface area contributed by atoms with Crippen molar-refractivity contribution >= 4 is 5.69 Å². The normalized spacial score (nSPS) is 9.64. The standard InChI is InChI=1S/C8H9NO2/c1-5-3-4-7(10)8(9-11)6(5)2/h3-4,10H,1-2H3. The van der Waals surface area contributed by atoms with E-state index in [9.17, 15) is 4.91 Å². The van der Waals surface area contributed by atoms with E-state index >= 15 is 0 Å². The van der Waals surface area contributed by atoms with Crippen LogP contribution in [0, 0.1) is 18.8 Å². The number of aromatic hydroxyl groups is 1. The van der Waals surface area contributed by atoms with Gasteiger partial charge in [0.25, 0.3) is 0 Å². The summed E-state index contributed by atoms with van der Waals surface area (Å²) in [6.45, 7) is 3.62. The first-order chi connectivity index (χ1) is 5.16. The van der Waals surface area contributed by atoms with E-state index < -0.39 is 0 Å². The highest BCUT2D eigenvalue weighted by Gasteiger charge is 2.06. The summed E-state index contributed by atoms with van der Waals surface area (Å²) in [4.78, 5) is 10.2. The summed E-state index contributed by atoms with van der Waals surface area (Å²) in [5.41, 5.74) is 1.84. The molecule has 0 fully saturated rings. The van der Waals surface area contributed by atoms with E-state index in [4.69, 9.17) is 5.11 Å². The monoisotopic (exact) mass is 151 g/mol. The number of phenolic OH excluding ortho intramolecular Hbond substituents is 1. The van der Waals surface area contributed by atoms with E-state index in [1.807, 2.05) is 6.92 Å². The van der Waals surface area contributed by atoms with Crippen molar-refractivity contribution in [2.45, 2.75) is 13.8 Å². The summed E-state index contributed by atoms with van der Waals surface area (Å²) in [5, 5.41) is 11.9. The third-order valence-corrected chi connectivity index (χ3v) is 1.77. The van der Waals surface area contributed by atoms with Crippen molar-refractivity contribution < 1.29 is 5.11 Å². The summed E-state index contributed by atoms with van der Waals surface area (Å²) in [7, 11) is 0. The van der Waals surface area contributed by atoms with Crippen molar-refractivity contribution in [3.05, 3.63) is 28.2 Å². The molecule has 1 aromatic carbocycles. The second-order valence-corrected chi connectivity index (χ2v) is 2.47. The van der Waals surface area contributed by atoms with Gasteiger partial charge in [0.15, 0.2) is 5.69 Å². The van der Waals surface area contributed by atoms with Crippen molar-refractivity contribution in [3.8, 4) is 5.75 Å². The van der Waals surface area contributed by atoms with Crippen LogP contribution in [0.25, 0.3) is 0 Å². The molecule has 0 unspecified atom stereocenters. The van der Waals surface area contributed by atoms with Crippen LogP contribution in [0.2, 0.25) is 0 Å². The number of nitroso groups, excluding NO2 is 1. The Hall–Kier alpha value is -1.38. The van der Waals surface area contributed by atoms with Gasteiger partial charge in [0.1, 0.15) is 5.75 Å². The van der Waals surface area contributed by atoms with Crippen LogP contribution in [0.5, 0.6) is 5.75 Å². The van der Waals surface area contributed by atoms with Gasteiger partial charge < -0.3 is 5.11 Å². The molecule has 1 rings (SSSR count). The first kappa shape index (κ1) is 7.72. The van der Waals surface area contributed by atoms with Crippen LogP contribution in [-0.4, -0.2) is 5.11 Å². The molecule has 0 amide bonds. The van der Waals surface area contributed by atoms with Crippen molar-refractivity contribution in [2.24, 2.45) is 5.18 Å². The summed E-state index contributed by atoms with van der Waals surface area (Å²) in [6, 6.07) is 3.22. The van der Waals surface area contributed by atoms with Gasteiger partial charge in [0.05, 0.1) is 0 Å². The maximum atomic E-state index is 10.2. The molecule has 0 aromatic heterocycles. The van der Waals surface area contributed by atoms with E-state index in [1.165, 1.54) is 6.07 Å². The molecule has 11 heavy (non-hydrogen) atoms. The van der Waals surface area contributed by atoms with E-state index in [0.29, 0.717) is 0 Å². The molecule has 3 nitrogen and oxygen atoms in total. The molecule has 0 saturated carbocycles. The number of aryl methyl sites for hydroxylation is 1. The predicted octanol–water partition coefficient (Wildman–Crippen LogP) is 2.41. The van der Waals surface area contributed by atoms with E-state index in [0.717, 1.165) is 11.1 Å². The molecular weight excluding hydrogens is 142 g/mol. The Labute approximate surface area is 64.7 Å². The van der Waals surface area contributed by atoms with Gasteiger partial charge in [-0.05, 0) is 36.2 Å². The lowest BCUT2D eigenvalue weighted by Gasteiger charge is -2.02. The Morgan fingerprint density at radius 1 is 1.36 bits per heavy atom. The number of benzene rings is 1. The van der Waals surface area contributed by atoms with E-state index in [-0.39, 0.29) is 11.4 Å². The molecule has 0 aliphatic heterocycles. The zero-order valence-electron chi connectivity index (χ0n) is 6.46. The number of phenols is 1. The number of hydrogen-bond donors (Lipinski definition) is 1. The lowest BCUT2D eigenvalue weighted by Crippen LogP contribution is -1.80. The molecule has 0 bridgehead atoms. The molecule has 0 aliphatic carbocycles. The second kappa shape index (κ2) is 2.70. The van der Waals surface area contributed by atoms with Crippen LogP contribution < -0.4 is 0 Å². The zero-order chi connectivity index (χ0) is 8.43. The third-order valence-electron chi connectivity index (χ3n) is 1.77. The van der Waals surface area contributed by atoms with Gasteiger partial charge >= 0.3 is 0 Å². The smallest absolute Gasteiger partial charge is 0.152 e. The fourth-order valence-electron chi connectivity index (χ4n) is 0.902. The molecule has 1 N–H and O–H groups in total. The van der Waals surface area contributed by atoms with Gasteiger partial charge in [-0.15, -0.1) is 4.91 Å². The van der Waals surface area contributed by atoms with Crippen LogP contribution in [0.4, 0.5) is 5.69 Å². The average Bonchev–Trinajstić information content (AvgIpc) is 1.99. The van der Waals surface area contributed by atoms with Crippen LogP contribution in [0.1, 0.15) is 11.1 Å². The second-order valence-electron chi connectivity index (χ2n) is 2.47. The Kier molecular flexibility index (Phi) is 1.89. The van der Waals surface area contributed by atoms with Crippen LogP contribution in [-0.2, 0) is 0 Å². The van der Waals surface area contributed by atoms with Crippen molar-refractivity contribution in [1.29, 1.82) is 0 Å². The molecule has 58 valence electrons. The molecule has 0 radical (unpaired) electrons. The van der Waals surface area contributed by atoms with Crippen molar-refractivity contribution in [1.82, 2.24) is 0 Å². The Morgan fingerprint density at radius 2 is 2.00 bits per heavy atom. The van der Waals surface area contributed by atoms with Gasteiger partial charge in [0.2, 0.25) is 0 Å². The largest absolute Gasteiger partial charge is 0.506 e. The average molecular weight is 151 g/mol. The summed E-state index contributed by atoms with van der Waals surface area (Å²) < 4.78 is 0. The van der Waals surface area contributed by atoms with E-state index in [1.54, 1.807) is 13.0 Å². The topological polar surface area (TPSA) is 49.7 Å². The highest BCUT2D eigenvalue weighted by molar-refractivity contribution is 5.58. The first-order valence-electron chi connectivity index (χ1n) is 3.29. The van der Waals surface area contributed by atoms with Gasteiger partial charge in [-0.2, -0.15) is 0 Å². The maximum Gasteiger partial charge on any atom is 0.152 e. The minimum atomic E-state index is -0.0527. The maximum absolute atomic E-state index is 10.2. The van der Waals surface area contributed by atoms with Gasteiger partial charge in [-0.3, -0.25) is 0 Å². The minimum absolute atomic E-state index is 0.0527.